The molecule has 0 atom stereocenters. The minimum absolute atomic E-state index is 0.227. The van der Waals surface area contributed by atoms with Crippen LogP contribution in [0.25, 0.3) is 6.08 Å². The van der Waals surface area contributed by atoms with Gasteiger partial charge in [-0.05, 0) is 52.3 Å². The van der Waals surface area contributed by atoms with Crippen molar-refractivity contribution in [3.05, 3.63) is 41.5 Å². The first-order chi connectivity index (χ1) is 13.8. The van der Waals surface area contributed by atoms with Gasteiger partial charge in [0.2, 0.25) is 0 Å². The molecule has 166 valence electrons. The highest BCUT2D eigenvalue weighted by Gasteiger charge is 2.40. The van der Waals surface area contributed by atoms with Crippen LogP contribution in [0.1, 0.15) is 50.5 Å². The highest BCUT2D eigenvalue weighted by atomic mass is 16.7. The Hall–Kier alpha value is -2.42. The maximum absolute atomic E-state index is 12.4. The van der Waals surface area contributed by atoms with Crippen molar-refractivity contribution in [1.29, 1.82) is 0 Å². The largest absolute Gasteiger partial charge is 0.444 e. The van der Waals surface area contributed by atoms with E-state index in [-0.39, 0.29) is 19.1 Å². The lowest BCUT2D eigenvalue weighted by Gasteiger charge is -2.42. The van der Waals surface area contributed by atoms with Crippen LogP contribution in [0, 0.1) is 0 Å². The maximum atomic E-state index is 12.4. The predicted molar refractivity (Wildman–Crippen MR) is 113 cm³/mol. The molecule has 0 unspecified atom stereocenters. The number of carbonyl (C=O) groups is 2. The molecule has 1 N–H and O–H groups in total. The lowest BCUT2D eigenvalue weighted by atomic mass is 9.98. The van der Waals surface area contributed by atoms with Gasteiger partial charge in [0.1, 0.15) is 11.1 Å². The monoisotopic (exact) mass is 420 g/mol. The quantitative estimate of drug-likeness (QED) is 0.735. The SMILES string of the molecule is CON(C)C(=O)c1ccc(/C=C/C2(NC(=O)OC(C)(C)C)COC(C)(C)OC2)cc1. The zero-order chi connectivity index (χ0) is 22.6. The van der Waals surface area contributed by atoms with Gasteiger partial charge in [0.25, 0.3) is 5.91 Å². The Kier molecular flexibility index (Phi) is 7.28. The first-order valence-corrected chi connectivity index (χ1v) is 9.75. The minimum atomic E-state index is -0.886. The zero-order valence-corrected chi connectivity index (χ0v) is 18.8. The number of nitrogens with one attached hydrogen (secondary N) is 1. The van der Waals surface area contributed by atoms with Crippen LogP contribution in [0.2, 0.25) is 0 Å². The number of amides is 2. The highest BCUT2D eigenvalue weighted by molar-refractivity contribution is 5.93. The van der Waals surface area contributed by atoms with Crippen LogP contribution in [-0.4, -0.2) is 61.4 Å². The van der Waals surface area contributed by atoms with Gasteiger partial charge in [-0.3, -0.25) is 9.63 Å². The molecule has 2 amide bonds. The predicted octanol–water partition coefficient (Wildman–Crippen LogP) is 3.38. The van der Waals surface area contributed by atoms with Crippen LogP contribution < -0.4 is 5.32 Å². The van der Waals surface area contributed by atoms with Crippen molar-refractivity contribution in [2.45, 2.75) is 51.5 Å². The Morgan fingerprint density at radius 2 is 1.70 bits per heavy atom. The molecule has 8 heteroatoms. The molecule has 0 saturated carbocycles. The smallest absolute Gasteiger partial charge is 0.408 e. The van der Waals surface area contributed by atoms with Crippen LogP contribution in [0.5, 0.6) is 0 Å². The summed E-state index contributed by atoms with van der Waals surface area (Å²) in [6.07, 6.45) is 3.11. The summed E-state index contributed by atoms with van der Waals surface area (Å²) >= 11 is 0. The number of rotatable bonds is 5. The Balaban J connectivity index is 2.18. The Labute approximate surface area is 178 Å². The van der Waals surface area contributed by atoms with Crippen molar-refractivity contribution < 1.29 is 28.6 Å². The number of ether oxygens (including phenoxy) is 3. The fraction of sp³-hybridized carbons (Fsp3) is 0.545. The minimum Gasteiger partial charge on any atom is -0.444 e. The van der Waals surface area contributed by atoms with E-state index in [0.29, 0.717) is 5.56 Å². The van der Waals surface area contributed by atoms with Crippen LogP contribution in [-0.2, 0) is 19.0 Å². The van der Waals surface area contributed by atoms with Gasteiger partial charge in [-0.25, -0.2) is 9.86 Å². The topological polar surface area (TPSA) is 86.3 Å². The average Bonchev–Trinajstić information content (AvgIpc) is 2.66. The molecule has 1 heterocycles. The summed E-state index contributed by atoms with van der Waals surface area (Å²) in [4.78, 5) is 29.4. The second-order valence-corrected chi connectivity index (χ2v) is 8.70. The fourth-order valence-electron chi connectivity index (χ4n) is 2.66. The summed E-state index contributed by atoms with van der Waals surface area (Å²) < 4.78 is 17.0. The Morgan fingerprint density at radius 3 is 2.20 bits per heavy atom. The van der Waals surface area contributed by atoms with E-state index in [9.17, 15) is 9.59 Å². The molecule has 1 aromatic carbocycles. The van der Waals surface area contributed by atoms with Crippen LogP contribution >= 0.6 is 0 Å². The molecule has 1 aliphatic rings. The second kappa shape index (κ2) is 9.16. The summed E-state index contributed by atoms with van der Waals surface area (Å²) in [7, 11) is 2.98. The molecule has 0 spiro atoms. The zero-order valence-electron chi connectivity index (χ0n) is 18.8. The molecule has 30 heavy (non-hydrogen) atoms. The number of alkyl carbamates (subject to hydrolysis) is 1. The summed E-state index contributed by atoms with van der Waals surface area (Å²) in [6, 6.07) is 7.04. The summed E-state index contributed by atoms with van der Waals surface area (Å²) in [5, 5.41) is 4.03. The van der Waals surface area contributed by atoms with E-state index in [1.54, 1.807) is 40.0 Å². The van der Waals surface area contributed by atoms with E-state index in [1.165, 1.54) is 7.11 Å². The summed E-state index contributed by atoms with van der Waals surface area (Å²) in [6.45, 7) is 9.50. The van der Waals surface area contributed by atoms with E-state index in [2.05, 4.69) is 5.32 Å². The molecule has 8 nitrogen and oxygen atoms in total. The van der Waals surface area contributed by atoms with Crippen LogP contribution in [0.3, 0.4) is 0 Å². The van der Waals surface area contributed by atoms with E-state index in [4.69, 9.17) is 19.0 Å². The molecule has 1 aromatic rings. The van der Waals surface area contributed by atoms with Crippen LogP contribution in [0.4, 0.5) is 4.79 Å². The molecule has 2 rings (SSSR count). The Morgan fingerprint density at radius 1 is 1.13 bits per heavy atom. The molecule has 0 bridgehead atoms. The third kappa shape index (κ3) is 6.83. The number of hydroxylamine groups is 2. The first kappa shape index (κ1) is 23.9. The van der Waals surface area contributed by atoms with E-state index < -0.39 is 23.0 Å². The highest BCUT2D eigenvalue weighted by Crippen LogP contribution is 2.26. The van der Waals surface area contributed by atoms with Gasteiger partial charge in [0.05, 0.1) is 20.3 Å². The summed E-state index contributed by atoms with van der Waals surface area (Å²) in [5.41, 5.74) is -0.156. The van der Waals surface area contributed by atoms with E-state index in [0.717, 1.165) is 10.6 Å². The lowest BCUT2D eigenvalue weighted by molar-refractivity contribution is -0.263. The number of nitrogens with zero attached hydrogens (tertiary/aromatic N) is 1. The van der Waals surface area contributed by atoms with Gasteiger partial charge in [0.15, 0.2) is 5.79 Å². The van der Waals surface area contributed by atoms with Crippen molar-refractivity contribution >= 4 is 18.1 Å². The average molecular weight is 421 g/mol. The number of hydrogen-bond acceptors (Lipinski definition) is 6. The number of carbonyl (C=O) groups excluding carboxylic acids is 2. The standard InChI is InChI=1S/C22H32N2O6/c1-20(2,3)30-19(26)23-22(14-28-21(4,5)29-15-22)13-12-16-8-10-17(11-9-16)18(25)24(6)27-7/h8-13H,14-15H2,1-7H3,(H,23,26)/b13-12+. The van der Waals surface area contributed by atoms with Gasteiger partial charge in [-0.1, -0.05) is 24.3 Å². The molecular formula is C22H32N2O6. The van der Waals surface area contributed by atoms with Gasteiger partial charge in [-0.15, -0.1) is 0 Å². The molecule has 1 aliphatic heterocycles. The van der Waals surface area contributed by atoms with Crippen molar-refractivity contribution in [1.82, 2.24) is 10.4 Å². The normalized spacial score (nSPS) is 18.1. The molecule has 0 radical (unpaired) electrons. The van der Waals surface area contributed by atoms with Crippen molar-refractivity contribution in [2.24, 2.45) is 0 Å². The first-order valence-electron chi connectivity index (χ1n) is 9.75. The fourth-order valence-corrected chi connectivity index (χ4v) is 2.66. The van der Waals surface area contributed by atoms with Crippen LogP contribution in [0.15, 0.2) is 30.3 Å². The molecule has 1 fully saturated rings. The number of benzene rings is 1. The van der Waals surface area contributed by atoms with Gasteiger partial charge < -0.3 is 19.5 Å². The molecular weight excluding hydrogens is 388 g/mol. The van der Waals surface area contributed by atoms with Gasteiger partial charge in [-0.2, -0.15) is 0 Å². The molecule has 1 saturated heterocycles. The second-order valence-electron chi connectivity index (χ2n) is 8.70. The van der Waals surface area contributed by atoms with Crippen molar-refractivity contribution in [3.8, 4) is 0 Å². The molecule has 0 aromatic heterocycles. The van der Waals surface area contributed by atoms with E-state index >= 15 is 0 Å². The Bertz CT molecular complexity index is 770. The van der Waals surface area contributed by atoms with E-state index in [1.807, 2.05) is 38.1 Å². The molecule has 0 aliphatic carbocycles. The maximum Gasteiger partial charge on any atom is 0.408 e. The lowest BCUT2D eigenvalue weighted by Crippen LogP contribution is -2.60. The third-order valence-electron chi connectivity index (χ3n) is 4.42. The number of hydrogen-bond donors (Lipinski definition) is 1. The summed E-state index contributed by atoms with van der Waals surface area (Å²) in [5.74, 6) is -0.977. The van der Waals surface area contributed by atoms with Gasteiger partial charge >= 0.3 is 6.09 Å². The van der Waals surface area contributed by atoms with Crippen molar-refractivity contribution in [3.63, 3.8) is 0 Å². The van der Waals surface area contributed by atoms with Crippen molar-refractivity contribution in [2.75, 3.05) is 27.4 Å². The third-order valence-corrected chi connectivity index (χ3v) is 4.42. The van der Waals surface area contributed by atoms with Gasteiger partial charge in [0, 0.05) is 12.6 Å².